The number of anilines is 2. The van der Waals surface area contributed by atoms with Gasteiger partial charge in [-0.3, -0.25) is 9.69 Å². The quantitative estimate of drug-likeness (QED) is 0.926. The van der Waals surface area contributed by atoms with Gasteiger partial charge in [0, 0.05) is 42.9 Å². The fourth-order valence-corrected chi connectivity index (χ4v) is 3.72. The molecule has 0 bridgehead atoms. The number of carbonyl (C=O) groups excluding carboxylic acids is 1. The van der Waals surface area contributed by atoms with Crippen LogP contribution in [0.3, 0.4) is 0 Å². The summed E-state index contributed by atoms with van der Waals surface area (Å²) >= 11 is 1.73. The summed E-state index contributed by atoms with van der Waals surface area (Å²) in [6.07, 6.45) is 1.92. The molecule has 1 saturated heterocycles. The molecule has 128 valence electrons. The minimum Gasteiger partial charge on any atom is -0.346 e. The van der Waals surface area contributed by atoms with E-state index in [0.29, 0.717) is 0 Å². The van der Waals surface area contributed by atoms with E-state index in [0.717, 1.165) is 42.6 Å². The molecule has 2 aromatic rings. The molecule has 0 unspecified atom stereocenters. The lowest BCUT2D eigenvalue weighted by Crippen LogP contribution is -2.52. The average molecular weight is 344 g/mol. The van der Waals surface area contributed by atoms with Crippen molar-refractivity contribution in [3.05, 3.63) is 40.9 Å². The minimum absolute atomic E-state index is 0.0582. The molecule has 0 aliphatic carbocycles. The highest BCUT2D eigenvalue weighted by Gasteiger charge is 2.26. The third kappa shape index (κ3) is 3.76. The summed E-state index contributed by atoms with van der Waals surface area (Å²) in [5.74, 6) is 0.0582. The Morgan fingerprint density at radius 3 is 2.54 bits per heavy atom. The first-order valence-corrected chi connectivity index (χ1v) is 9.14. The van der Waals surface area contributed by atoms with E-state index in [1.54, 1.807) is 11.3 Å². The van der Waals surface area contributed by atoms with Crippen LogP contribution < -0.4 is 10.2 Å². The lowest BCUT2D eigenvalue weighted by molar-refractivity contribution is -0.120. The molecular formula is C18H24N4OS. The number of aromatic nitrogens is 1. The van der Waals surface area contributed by atoms with Crippen LogP contribution in [0.25, 0.3) is 0 Å². The Hall–Kier alpha value is -1.92. The zero-order valence-electron chi connectivity index (χ0n) is 14.5. The summed E-state index contributed by atoms with van der Waals surface area (Å²) in [5, 5.41) is 4.14. The van der Waals surface area contributed by atoms with Crippen LogP contribution in [-0.4, -0.2) is 48.0 Å². The predicted molar refractivity (Wildman–Crippen MR) is 99.9 cm³/mol. The topological polar surface area (TPSA) is 48.5 Å². The van der Waals surface area contributed by atoms with Crippen molar-refractivity contribution in [2.45, 2.75) is 26.8 Å². The third-order valence-electron chi connectivity index (χ3n) is 4.52. The molecule has 1 fully saturated rings. The molecule has 0 saturated carbocycles. The second kappa shape index (κ2) is 7.32. The van der Waals surface area contributed by atoms with Crippen molar-refractivity contribution in [2.24, 2.45) is 0 Å². The Bertz CT molecular complexity index is 707. The lowest BCUT2D eigenvalue weighted by atomic mass is 10.1. The lowest BCUT2D eigenvalue weighted by Gasteiger charge is -2.37. The number of rotatable bonds is 4. The largest absolute Gasteiger partial charge is 0.346 e. The van der Waals surface area contributed by atoms with E-state index in [1.807, 2.05) is 44.3 Å². The molecule has 3 rings (SSSR count). The third-order valence-corrected chi connectivity index (χ3v) is 5.50. The molecule has 5 nitrogen and oxygen atoms in total. The van der Waals surface area contributed by atoms with Crippen LogP contribution in [0.4, 0.5) is 10.8 Å². The molecule has 1 N–H and O–H groups in total. The maximum absolute atomic E-state index is 12.5. The number of nitrogens with zero attached hydrogens (tertiary/aromatic N) is 3. The van der Waals surface area contributed by atoms with E-state index in [9.17, 15) is 4.79 Å². The van der Waals surface area contributed by atoms with Crippen LogP contribution in [0.5, 0.6) is 0 Å². The number of carbonyl (C=O) groups is 1. The van der Waals surface area contributed by atoms with Gasteiger partial charge in [0.05, 0.1) is 6.04 Å². The van der Waals surface area contributed by atoms with Crippen molar-refractivity contribution in [1.29, 1.82) is 0 Å². The van der Waals surface area contributed by atoms with E-state index in [2.05, 4.69) is 27.0 Å². The smallest absolute Gasteiger partial charge is 0.241 e. The van der Waals surface area contributed by atoms with Gasteiger partial charge in [-0.25, -0.2) is 4.98 Å². The highest BCUT2D eigenvalue weighted by atomic mass is 32.1. The number of nitrogens with one attached hydrogen (secondary N) is 1. The minimum atomic E-state index is -0.134. The van der Waals surface area contributed by atoms with E-state index in [-0.39, 0.29) is 11.9 Å². The number of amides is 1. The van der Waals surface area contributed by atoms with E-state index in [1.165, 1.54) is 4.88 Å². The second-order valence-corrected chi connectivity index (χ2v) is 7.47. The van der Waals surface area contributed by atoms with Gasteiger partial charge in [-0.1, -0.05) is 18.2 Å². The number of hydrogen-bond acceptors (Lipinski definition) is 5. The van der Waals surface area contributed by atoms with Gasteiger partial charge in [-0.05, 0) is 32.4 Å². The molecular weight excluding hydrogens is 320 g/mol. The van der Waals surface area contributed by atoms with Crippen molar-refractivity contribution in [3.8, 4) is 0 Å². The molecule has 24 heavy (non-hydrogen) atoms. The van der Waals surface area contributed by atoms with Gasteiger partial charge in [0.15, 0.2) is 5.13 Å². The summed E-state index contributed by atoms with van der Waals surface area (Å²) in [5.41, 5.74) is 1.98. The number of benzene rings is 1. The maximum Gasteiger partial charge on any atom is 0.241 e. The van der Waals surface area contributed by atoms with Crippen molar-refractivity contribution in [2.75, 3.05) is 36.4 Å². The summed E-state index contributed by atoms with van der Waals surface area (Å²) in [4.78, 5) is 22.8. The second-order valence-electron chi connectivity index (χ2n) is 6.26. The molecule has 0 radical (unpaired) electrons. The summed E-state index contributed by atoms with van der Waals surface area (Å²) in [7, 11) is 0. The molecule has 1 aliphatic heterocycles. The fraction of sp³-hybridized carbons (Fsp3) is 0.444. The van der Waals surface area contributed by atoms with Gasteiger partial charge in [0.2, 0.25) is 5.91 Å². The predicted octanol–water partition coefficient (Wildman–Crippen LogP) is 2.91. The normalized spacial score (nSPS) is 16.9. The average Bonchev–Trinajstić information content (AvgIpc) is 3.03. The SMILES string of the molecule is Cc1cnc(N2CCN([C@@H](C)C(=O)Nc3ccccc3C)CC2)s1. The Balaban J connectivity index is 1.55. The monoisotopic (exact) mass is 344 g/mol. The summed E-state index contributed by atoms with van der Waals surface area (Å²) < 4.78 is 0. The van der Waals surface area contributed by atoms with Crippen molar-refractivity contribution in [1.82, 2.24) is 9.88 Å². The number of thiazole rings is 1. The van der Waals surface area contributed by atoms with Crippen molar-refractivity contribution < 1.29 is 4.79 Å². The van der Waals surface area contributed by atoms with Gasteiger partial charge < -0.3 is 10.2 Å². The Morgan fingerprint density at radius 2 is 1.92 bits per heavy atom. The van der Waals surface area contributed by atoms with Gasteiger partial charge in [0.1, 0.15) is 0 Å². The Labute approximate surface area is 147 Å². The van der Waals surface area contributed by atoms with Crippen molar-refractivity contribution >= 4 is 28.1 Å². The first kappa shape index (κ1) is 16.9. The van der Waals surface area contributed by atoms with Crippen LogP contribution in [0, 0.1) is 13.8 Å². The van der Waals surface area contributed by atoms with Crippen LogP contribution in [-0.2, 0) is 4.79 Å². The molecule has 2 heterocycles. The van der Waals surface area contributed by atoms with Gasteiger partial charge in [-0.15, -0.1) is 11.3 Å². The van der Waals surface area contributed by atoms with E-state index in [4.69, 9.17) is 0 Å². The van der Waals surface area contributed by atoms with Crippen LogP contribution in [0.2, 0.25) is 0 Å². The first-order chi connectivity index (χ1) is 11.5. The van der Waals surface area contributed by atoms with Crippen molar-refractivity contribution in [3.63, 3.8) is 0 Å². The number of aryl methyl sites for hydroxylation is 2. The standard InChI is InChI=1S/C18H24N4OS/c1-13-6-4-5-7-16(13)20-17(23)15(3)21-8-10-22(11-9-21)18-19-12-14(2)24-18/h4-7,12,15H,8-11H2,1-3H3,(H,20,23)/t15-/m0/s1. The fourth-order valence-electron chi connectivity index (χ4n) is 2.91. The molecule has 1 aromatic heterocycles. The number of hydrogen-bond donors (Lipinski definition) is 1. The first-order valence-electron chi connectivity index (χ1n) is 8.32. The molecule has 1 amide bonds. The highest BCUT2D eigenvalue weighted by molar-refractivity contribution is 7.15. The van der Waals surface area contributed by atoms with Crippen LogP contribution >= 0.6 is 11.3 Å². The van der Waals surface area contributed by atoms with E-state index < -0.39 is 0 Å². The Kier molecular flexibility index (Phi) is 5.16. The maximum atomic E-state index is 12.5. The van der Waals surface area contributed by atoms with Gasteiger partial charge in [-0.2, -0.15) is 0 Å². The number of piperazine rings is 1. The number of para-hydroxylation sites is 1. The summed E-state index contributed by atoms with van der Waals surface area (Å²) in [6.45, 7) is 9.65. The summed E-state index contributed by atoms with van der Waals surface area (Å²) in [6, 6.07) is 7.75. The van der Waals surface area contributed by atoms with Gasteiger partial charge >= 0.3 is 0 Å². The van der Waals surface area contributed by atoms with Gasteiger partial charge in [0.25, 0.3) is 0 Å². The highest BCUT2D eigenvalue weighted by Crippen LogP contribution is 2.23. The van der Waals surface area contributed by atoms with Crippen LogP contribution in [0.1, 0.15) is 17.4 Å². The van der Waals surface area contributed by atoms with Crippen LogP contribution in [0.15, 0.2) is 30.5 Å². The molecule has 1 aromatic carbocycles. The molecule has 6 heteroatoms. The Morgan fingerprint density at radius 1 is 1.21 bits per heavy atom. The molecule has 0 spiro atoms. The molecule has 1 aliphatic rings. The zero-order valence-corrected chi connectivity index (χ0v) is 15.3. The zero-order chi connectivity index (χ0) is 17.1. The van der Waals surface area contributed by atoms with E-state index >= 15 is 0 Å². The molecule has 1 atom stereocenters.